The zero-order chi connectivity index (χ0) is 19.4. The van der Waals surface area contributed by atoms with Crippen LogP contribution >= 0.6 is 11.8 Å². The highest BCUT2D eigenvalue weighted by molar-refractivity contribution is 8.00. The summed E-state index contributed by atoms with van der Waals surface area (Å²) in [4.78, 5) is 17.0. The number of rotatable bonds is 5. The standard InChI is InChI=1S/C21H19N3O2S/c1-13-8-9-15-10-16(11-22)21(24-20(15)14(13)2)27-12-19(25)23-17-6-4-5-7-18(17)26-3/h4-10H,12H2,1-3H3,(H,23,25). The first-order valence-electron chi connectivity index (χ1n) is 8.40. The average Bonchev–Trinajstić information content (AvgIpc) is 2.69. The number of pyridine rings is 1. The molecule has 3 aromatic rings. The van der Waals surface area contributed by atoms with E-state index in [4.69, 9.17) is 4.74 Å². The van der Waals surface area contributed by atoms with E-state index in [2.05, 4.69) is 16.4 Å². The molecule has 0 atom stereocenters. The van der Waals surface area contributed by atoms with Gasteiger partial charge in [-0.05, 0) is 43.2 Å². The lowest BCUT2D eigenvalue weighted by atomic mass is 10.0. The maximum Gasteiger partial charge on any atom is 0.234 e. The quantitative estimate of drug-likeness (QED) is 0.664. The first kappa shape index (κ1) is 18.7. The predicted molar refractivity (Wildman–Crippen MR) is 108 cm³/mol. The lowest BCUT2D eigenvalue weighted by Gasteiger charge is -2.11. The molecule has 0 aliphatic rings. The fourth-order valence-corrected chi connectivity index (χ4v) is 3.48. The van der Waals surface area contributed by atoms with Crippen LogP contribution in [0, 0.1) is 25.2 Å². The molecule has 3 rings (SSSR count). The highest BCUT2D eigenvalue weighted by Gasteiger charge is 2.13. The van der Waals surface area contributed by atoms with E-state index in [1.165, 1.54) is 11.8 Å². The van der Waals surface area contributed by atoms with Gasteiger partial charge >= 0.3 is 0 Å². The number of nitrogens with one attached hydrogen (secondary N) is 1. The second-order valence-corrected chi connectivity index (χ2v) is 7.03. The third kappa shape index (κ3) is 4.04. The third-order valence-electron chi connectivity index (χ3n) is 4.32. The molecule has 5 nitrogen and oxygen atoms in total. The molecule has 136 valence electrons. The minimum atomic E-state index is -0.184. The number of ether oxygens (including phenoxy) is 1. The molecule has 0 aliphatic carbocycles. The molecule has 1 aromatic heterocycles. The Morgan fingerprint density at radius 3 is 2.78 bits per heavy atom. The van der Waals surface area contributed by atoms with Gasteiger partial charge in [-0.15, -0.1) is 0 Å². The number of methoxy groups -OCH3 is 1. The summed E-state index contributed by atoms with van der Waals surface area (Å²) in [6.45, 7) is 4.04. The first-order valence-corrected chi connectivity index (χ1v) is 9.38. The van der Waals surface area contributed by atoms with E-state index in [-0.39, 0.29) is 11.7 Å². The van der Waals surface area contributed by atoms with Crippen molar-refractivity contribution < 1.29 is 9.53 Å². The number of nitrogens with zero attached hydrogens (tertiary/aromatic N) is 2. The molecule has 27 heavy (non-hydrogen) atoms. The fraction of sp³-hybridized carbons (Fsp3) is 0.190. The number of nitriles is 1. The summed E-state index contributed by atoms with van der Waals surface area (Å²) < 4.78 is 5.24. The molecule has 1 amide bonds. The summed E-state index contributed by atoms with van der Waals surface area (Å²) in [6, 6.07) is 15.2. The van der Waals surface area contributed by atoms with Crippen molar-refractivity contribution in [2.75, 3.05) is 18.2 Å². The van der Waals surface area contributed by atoms with Crippen LogP contribution in [0.4, 0.5) is 5.69 Å². The number of hydrogen-bond donors (Lipinski definition) is 1. The minimum absolute atomic E-state index is 0.149. The Balaban J connectivity index is 1.81. The molecule has 2 aromatic carbocycles. The number of para-hydroxylation sites is 2. The molecule has 0 spiro atoms. The van der Waals surface area contributed by atoms with Gasteiger partial charge in [0.25, 0.3) is 0 Å². The Morgan fingerprint density at radius 1 is 1.26 bits per heavy atom. The Bertz CT molecular complexity index is 1060. The van der Waals surface area contributed by atoms with Gasteiger partial charge in [0.2, 0.25) is 5.91 Å². The van der Waals surface area contributed by atoms with E-state index in [1.807, 2.05) is 44.2 Å². The summed E-state index contributed by atoms with van der Waals surface area (Å²) in [5, 5.41) is 13.8. The molecule has 0 unspecified atom stereocenters. The van der Waals surface area contributed by atoms with E-state index in [0.29, 0.717) is 22.0 Å². The van der Waals surface area contributed by atoms with Crippen LogP contribution in [0.5, 0.6) is 5.75 Å². The van der Waals surface area contributed by atoms with Gasteiger partial charge in [-0.3, -0.25) is 4.79 Å². The third-order valence-corrected chi connectivity index (χ3v) is 5.31. The van der Waals surface area contributed by atoms with Crippen LogP contribution in [0.2, 0.25) is 0 Å². The van der Waals surface area contributed by atoms with Crippen molar-refractivity contribution >= 4 is 34.3 Å². The van der Waals surface area contributed by atoms with Crippen LogP contribution in [0.15, 0.2) is 47.5 Å². The molecule has 0 radical (unpaired) electrons. The number of amides is 1. The van der Waals surface area contributed by atoms with Crippen LogP contribution in [-0.2, 0) is 4.79 Å². The van der Waals surface area contributed by atoms with Crippen LogP contribution in [0.3, 0.4) is 0 Å². The predicted octanol–water partition coefficient (Wildman–Crippen LogP) is 4.46. The Labute approximate surface area is 162 Å². The highest BCUT2D eigenvalue weighted by Crippen LogP contribution is 2.28. The van der Waals surface area contributed by atoms with Crippen molar-refractivity contribution in [3.8, 4) is 11.8 Å². The van der Waals surface area contributed by atoms with Gasteiger partial charge in [0, 0.05) is 5.39 Å². The van der Waals surface area contributed by atoms with Gasteiger partial charge in [-0.1, -0.05) is 36.0 Å². The summed E-state index contributed by atoms with van der Waals surface area (Å²) in [5.41, 5.74) is 4.17. The van der Waals surface area contributed by atoms with Gasteiger partial charge in [-0.25, -0.2) is 4.98 Å². The summed E-state index contributed by atoms with van der Waals surface area (Å²) >= 11 is 1.26. The van der Waals surface area contributed by atoms with Gasteiger partial charge in [-0.2, -0.15) is 5.26 Å². The van der Waals surface area contributed by atoms with Crippen molar-refractivity contribution in [1.29, 1.82) is 5.26 Å². The Morgan fingerprint density at radius 2 is 2.04 bits per heavy atom. The molecule has 0 saturated carbocycles. The van der Waals surface area contributed by atoms with Gasteiger partial charge in [0.15, 0.2) is 0 Å². The topological polar surface area (TPSA) is 75.0 Å². The number of aromatic nitrogens is 1. The number of carbonyl (C=O) groups excluding carboxylic acids is 1. The van der Waals surface area contributed by atoms with Crippen molar-refractivity contribution in [2.24, 2.45) is 0 Å². The largest absolute Gasteiger partial charge is 0.495 e. The Hall–Kier alpha value is -3.04. The lowest BCUT2D eigenvalue weighted by molar-refractivity contribution is -0.113. The van der Waals surface area contributed by atoms with E-state index in [1.54, 1.807) is 19.2 Å². The molecule has 0 bridgehead atoms. The summed E-state index contributed by atoms with van der Waals surface area (Å²) in [7, 11) is 1.56. The maximum absolute atomic E-state index is 12.3. The van der Waals surface area contributed by atoms with Crippen LogP contribution < -0.4 is 10.1 Å². The number of thioether (sulfide) groups is 1. The number of carbonyl (C=O) groups is 1. The van der Waals surface area contributed by atoms with E-state index in [0.717, 1.165) is 22.0 Å². The number of hydrogen-bond acceptors (Lipinski definition) is 5. The lowest BCUT2D eigenvalue weighted by Crippen LogP contribution is -2.15. The molecular weight excluding hydrogens is 358 g/mol. The van der Waals surface area contributed by atoms with Crippen molar-refractivity contribution in [3.05, 3.63) is 59.2 Å². The van der Waals surface area contributed by atoms with Crippen molar-refractivity contribution in [1.82, 2.24) is 4.98 Å². The molecule has 0 fully saturated rings. The smallest absolute Gasteiger partial charge is 0.234 e. The molecule has 6 heteroatoms. The highest BCUT2D eigenvalue weighted by atomic mass is 32.2. The van der Waals surface area contributed by atoms with Crippen LogP contribution in [-0.4, -0.2) is 23.8 Å². The maximum atomic E-state index is 12.3. The van der Waals surface area contributed by atoms with E-state index >= 15 is 0 Å². The van der Waals surface area contributed by atoms with E-state index < -0.39 is 0 Å². The zero-order valence-corrected chi connectivity index (χ0v) is 16.2. The van der Waals surface area contributed by atoms with Crippen LogP contribution in [0.1, 0.15) is 16.7 Å². The van der Waals surface area contributed by atoms with Gasteiger partial charge < -0.3 is 10.1 Å². The van der Waals surface area contributed by atoms with Crippen LogP contribution in [0.25, 0.3) is 10.9 Å². The first-order chi connectivity index (χ1) is 13.0. The molecule has 1 N–H and O–H groups in total. The SMILES string of the molecule is COc1ccccc1NC(=O)CSc1nc2c(C)c(C)ccc2cc1C#N. The zero-order valence-electron chi connectivity index (χ0n) is 15.4. The second-order valence-electron chi connectivity index (χ2n) is 6.07. The minimum Gasteiger partial charge on any atom is -0.495 e. The second kappa shape index (κ2) is 8.11. The monoisotopic (exact) mass is 377 g/mol. The summed E-state index contributed by atoms with van der Waals surface area (Å²) in [5.74, 6) is 0.565. The number of anilines is 1. The normalized spacial score (nSPS) is 10.4. The van der Waals surface area contributed by atoms with Crippen molar-refractivity contribution in [3.63, 3.8) is 0 Å². The summed E-state index contributed by atoms with van der Waals surface area (Å²) in [6.07, 6.45) is 0. The number of aryl methyl sites for hydroxylation is 2. The van der Waals surface area contributed by atoms with Gasteiger partial charge in [0.1, 0.15) is 16.8 Å². The van der Waals surface area contributed by atoms with E-state index in [9.17, 15) is 10.1 Å². The molecule has 0 aliphatic heterocycles. The Kier molecular flexibility index (Phi) is 5.63. The van der Waals surface area contributed by atoms with Gasteiger partial charge in [0.05, 0.1) is 29.6 Å². The molecular formula is C21H19N3O2S. The van der Waals surface area contributed by atoms with Crippen molar-refractivity contribution in [2.45, 2.75) is 18.9 Å². The number of fused-ring (bicyclic) bond motifs is 1. The molecule has 0 saturated heterocycles. The number of benzene rings is 2. The fourth-order valence-electron chi connectivity index (χ4n) is 2.72. The molecule has 1 heterocycles. The average molecular weight is 377 g/mol.